The fourth-order valence-electron chi connectivity index (χ4n) is 5.45. The minimum absolute atomic E-state index is 0.0321. The van der Waals surface area contributed by atoms with Gasteiger partial charge >= 0.3 is 5.97 Å². The highest BCUT2D eigenvalue weighted by molar-refractivity contribution is 5.96. The van der Waals surface area contributed by atoms with E-state index in [1.54, 1.807) is 0 Å². The van der Waals surface area contributed by atoms with Crippen molar-refractivity contribution in [2.24, 2.45) is 5.92 Å². The highest BCUT2D eigenvalue weighted by atomic mass is 16.4. The molecule has 0 radical (unpaired) electrons. The van der Waals surface area contributed by atoms with Gasteiger partial charge in [0.15, 0.2) is 0 Å². The highest BCUT2D eigenvalue weighted by Crippen LogP contribution is 2.38. The molecule has 6 heteroatoms. The summed E-state index contributed by atoms with van der Waals surface area (Å²) in [5, 5.41) is 12.7. The third-order valence-corrected chi connectivity index (χ3v) is 7.20. The molecule has 0 saturated carbocycles. The fourth-order valence-corrected chi connectivity index (χ4v) is 5.45. The summed E-state index contributed by atoms with van der Waals surface area (Å²) >= 11 is 0. The molecule has 3 fully saturated rings. The number of carbonyl (C=O) groups excluding carboxylic acids is 1. The topological polar surface area (TPSA) is 72.9 Å². The number of hydrogen-bond acceptors (Lipinski definition) is 4. The van der Waals surface area contributed by atoms with Crippen LogP contribution in [0, 0.1) is 12.8 Å². The van der Waals surface area contributed by atoms with Gasteiger partial charge in [-0.05, 0) is 83.3 Å². The first-order chi connectivity index (χ1) is 14.0. The number of carboxylic acid groups (broad SMARTS) is 1. The minimum Gasteiger partial charge on any atom is -0.481 e. The molecular formula is C23H33N3O3. The Bertz CT molecular complexity index is 765. The molecule has 0 bridgehead atoms. The predicted molar refractivity (Wildman–Crippen MR) is 112 cm³/mol. The first kappa shape index (κ1) is 20.4. The lowest BCUT2D eigenvalue weighted by atomic mass is 9.85. The van der Waals surface area contributed by atoms with Crippen LogP contribution in [0.4, 0.5) is 0 Å². The standard InChI is InChI=1S/C23H33N3O3/c1-17-3-4-20(19(15-17)16-25-13-5-18(6-14-25)22(28)29)21(27)26-12-2-7-23(26)8-10-24-11-9-23/h3-4,15,18,24H,2,5-14,16H2,1H3,(H,28,29). The summed E-state index contributed by atoms with van der Waals surface area (Å²) in [6.45, 7) is 7.17. The van der Waals surface area contributed by atoms with Crippen molar-refractivity contribution in [2.45, 2.75) is 57.5 Å². The molecule has 0 aliphatic carbocycles. The lowest BCUT2D eigenvalue weighted by molar-refractivity contribution is -0.143. The number of hydrogen-bond donors (Lipinski definition) is 2. The fraction of sp³-hybridized carbons (Fsp3) is 0.652. The first-order valence-corrected chi connectivity index (χ1v) is 11.1. The Morgan fingerprint density at radius 2 is 1.86 bits per heavy atom. The third-order valence-electron chi connectivity index (χ3n) is 7.20. The van der Waals surface area contributed by atoms with Crippen LogP contribution in [0.5, 0.6) is 0 Å². The zero-order valence-corrected chi connectivity index (χ0v) is 17.5. The summed E-state index contributed by atoms with van der Waals surface area (Å²) in [5.74, 6) is -0.730. The summed E-state index contributed by atoms with van der Waals surface area (Å²) in [6.07, 6.45) is 5.67. The quantitative estimate of drug-likeness (QED) is 0.814. The van der Waals surface area contributed by atoms with E-state index in [0.717, 1.165) is 81.6 Å². The highest BCUT2D eigenvalue weighted by Gasteiger charge is 2.44. The van der Waals surface area contributed by atoms with Crippen LogP contribution in [0.2, 0.25) is 0 Å². The molecule has 3 saturated heterocycles. The van der Waals surface area contributed by atoms with Crippen LogP contribution in [-0.2, 0) is 11.3 Å². The second-order valence-electron chi connectivity index (χ2n) is 9.08. The van der Waals surface area contributed by atoms with Crippen LogP contribution in [-0.4, -0.2) is 65.0 Å². The van der Waals surface area contributed by atoms with E-state index in [1.165, 1.54) is 0 Å². The Labute approximate surface area is 173 Å². The maximum Gasteiger partial charge on any atom is 0.306 e. The summed E-state index contributed by atoms with van der Waals surface area (Å²) in [6, 6.07) is 6.18. The van der Waals surface area contributed by atoms with Crippen molar-refractivity contribution >= 4 is 11.9 Å². The van der Waals surface area contributed by atoms with E-state index >= 15 is 0 Å². The van der Waals surface area contributed by atoms with E-state index in [1.807, 2.05) is 12.1 Å². The number of aryl methyl sites for hydroxylation is 1. The summed E-state index contributed by atoms with van der Waals surface area (Å²) in [7, 11) is 0. The molecule has 158 valence electrons. The van der Waals surface area contributed by atoms with E-state index in [-0.39, 0.29) is 17.4 Å². The zero-order chi connectivity index (χ0) is 20.4. The van der Waals surface area contributed by atoms with Gasteiger partial charge in [0.05, 0.1) is 5.92 Å². The Balaban J connectivity index is 1.52. The largest absolute Gasteiger partial charge is 0.481 e. The number of rotatable bonds is 4. The Morgan fingerprint density at radius 1 is 1.14 bits per heavy atom. The van der Waals surface area contributed by atoms with E-state index in [0.29, 0.717) is 12.8 Å². The number of nitrogens with zero attached hydrogens (tertiary/aromatic N) is 2. The van der Waals surface area contributed by atoms with Crippen molar-refractivity contribution in [3.63, 3.8) is 0 Å². The molecule has 1 aromatic rings. The number of likely N-dealkylation sites (tertiary alicyclic amines) is 2. The van der Waals surface area contributed by atoms with Gasteiger partial charge in [0, 0.05) is 24.2 Å². The molecule has 1 amide bonds. The van der Waals surface area contributed by atoms with Crippen LogP contribution >= 0.6 is 0 Å². The molecule has 29 heavy (non-hydrogen) atoms. The number of amides is 1. The monoisotopic (exact) mass is 399 g/mol. The first-order valence-electron chi connectivity index (χ1n) is 11.1. The second kappa shape index (κ2) is 8.44. The molecule has 4 rings (SSSR count). The van der Waals surface area contributed by atoms with Crippen LogP contribution in [0.15, 0.2) is 18.2 Å². The average Bonchev–Trinajstić information content (AvgIpc) is 3.11. The minimum atomic E-state index is -0.683. The number of piperidine rings is 2. The van der Waals surface area contributed by atoms with E-state index in [4.69, 9.17) is 0 Å². The van der Waals surface area contributed by atoms with Gasteiger partial charge in [-0.1, -0.05) is 17.7 Å². The Hall–Kier alpha value is -1.92. The zero-order valence-electron chi connectivity index (χ0n) is 17.5. The van der Waals surface area contributed by atoms with Crippen LogP contribution in [0.1, 0.15) is 60.0 Å². The van der Waals surface area contributed by atoms with E-state index < -0.39 is 5.97 Å². The van der Waals surface area contributed by atoms with Crippen molar-refractivity contribution in [1.29, 1.82) is 0 Å². The molecule has 0 atom stereocenters. The molecule has 3 heterocycles. The van der Waals surface area contributed by atoms with Gasteiger partial charge in [0.2, 0.25) is 0 Å². The van der Waals surface area contributed by atoms with Gasteiger partial charge in [0.25, 0.3) is 5.91 Å². The average molecular weight is 400 g/mol. The van der Waals surface area contributed by atoms with Crippen LogP contribution in [0.25, 0.3) is 0 Å². The van der Waals surface area contributed by atoms with Crippen LogP contribution < -0.4 is 5.32 Å². The molecule has 3 aliphatic rings. The maximum atomic E-state index is 13.6. The molecule has 6 nitrogen and oxygen atoms in total. The lowest BCUT2D eigenvalue weighted by Gasteiger charge is -2.42. The van der Waals surface area contributed by atoms with Gasteiger partial charge < -0.3 is 15.3 Å². The summed E-state index contributed by atoms with van der Waals surface area (Å²) < 4.78 is 0. The second-order valence-corrected chi connectivity index (χ2v) is 9.08. The number of nitrogens with one attached hydrogen (secondary N) is 1. The van der Waals surface area contributed by atoms with E-state index in [2.05, 4.69) is 28.1 Å². The molecule has 2 N–H and O–H groups in total. The molecule has 1 spiro atoms. The Morgan fingerprint density at radius 3 is 2.55 bits per heavy atom. The van der Waals surface area contributed by atoms with Crippen molar-refractivity contribution in [1.82, 2.24) is 15.1 Å². The SMILES string of the molecule is Cc1ccc(C(=O)N2CCCC23CCNCC3)c(CN2CCC(C(=O)O)CC2)c1. The number of carboxylic acids is 1. The summed E-state index contributed by atoms with van der Waals surface area (Å²) in [5.41, 5.74) is 3.11. The van der Waals surface area contributed by atoms with Gasteiger partial charge in [-0.3, -0.25) is 14.5 Å². The van der Waals surface area contributed by atoms with Crippen molar-refractivity contribution in [3.8, 4) is 0 Å². The van der Waals surface area contributed by atoms with Crippen LogP contribution in [0.3, 0.4) is 0 Å². The summed E-state index contributed by atoms with van der Waals surface area (Å²) in [4.78, 5) is 29.3. The Kier molecular flexibility index (Phi) is 5.93. The van der Waals surface area contributed by atoms with E-state index in [9.17, 15) is 14.7 Å². The maximum absolute atomic E-state index is 13.6. The smallest absolute Gasteiger partial charge is 0.306 e. The lowest BCUT2D eigenvalue weighted by Crippen LogP contribution is -2.53. The molecule has 1 aromatic carbocycles. The third kappa shape index (κ3) is 4.19. The van der Waals surface area contributed by atoms with Gasteiger partial charge in [-0.2, -0.15) is 0 Å². The molecule has 3 aliphatic heterocycles. The number of carbonyl (C=O) groups is 2. The molecule has 0 unspecified atom stereocenters. The van der Waals surface area contributed by atoms with Gasteiger partial charge in [-0.25, -0.2) is 0 Å². The van der Waals surface area contributed by atoms with Gasteiger partial charge in [0.1, 0.15) is 0 Å². The molecular weight excluding hydrogens is 366 g/mol. The van der Waals surface area contributed by atoms with Crippen molar-refractivity contribution in [3.05, 3.63) is 34.9 Å². The van der Waals surface area contributed by atoms with Crippen molar-refractivity contribution in [2.75, 3.05) is 32.7 Å². The predicted octanol–water partition coefficient (Wildman–Crippen LogP) is 2.65. The molecule has 0 aromatic heterocycles. The van der Waals surface area contributed by atoms with Crippen molar-refractivity contribution < 1.29 is 14.7 Å². The number of aliphatic carboxylic acids is 1. The van der Waals surface area contributed by atoms with Gasteiger partial charge in [-0.15, -0.1) is 0 Å². The number of benzene rings is 1. The normalized spacial score (nSPS) is 22.9.